The minimum Gasteiger partial charge on any atom is -0.452 e. The van der Waals surface area contributed by atoms with Gasteiger partial charge in [0.05, 0.1) is 11.6 Å². The van der Waals surface area contributed by atoms with Crippen molar-refractivity contribution in [3.63, 3.8) is 0 Å². The zero-order valence-corrected chi connectivity index (χ0v) is 12.0. The molecule has 2 aliphatic heterocycles. The number of esters is 1. The fourth-order valence-electron chi connectivity index (χ4n) is 3.53. The third-order valence-electron chi connectivity index (χ3n) is 4.59. The van der Waals surface area contributed by atoms with Crippen molar-refractivity contribution < 1.29 is 9.53 Å². The molecule has 0 unspecified atom stereocenters. The first kappa shape index (κ1) is 12.6. The van der Waals surface area contributed by atoms with Crippen LogP contribution in [-0.2, 0) is 11.2 Å². The van der Waals surface area contributed by atoms with Crippen molar-refractivity contribution in [3.8, 4) is 0 Å². The van der Waals surface area contributed by atoms with Gasteiger partial charge in [0.1, 0.15) is 6.10 Å². The van der Waals surface area contributed by atoms with E-state index in [1.807, 2.05) is 24.3 Å². The van der Waals surface area contributed by atoms with Crippen molar-refractivity contribution in [2.45, 2.75) is 18.6 Å². The van der Waals surface area contributed by atoms with Gasteiger partial charge in [-0.25, -0.2) is 4.79 Å². The molecule has 3 nitrogen and oxygen atoms in total. The smallest absolute Gasteiger partial charge is 0.339 e. The van der Waals surface area contributed by atoms with Crippen molar-refractivity contribution in [1.82, 2.24) is 4.90 Å². The van der Waals surface area contributed by atoms with E-state index in [4.69, 9.17) is 4.74 Å². The minimum absolute atomic E-state index is 0.0996. The summed E-state index contributed by atoms with van der Waals surface area (Å²) in [5, 5.41) is 0. The number of hydrogen-bond donors (Lipinski definition) is 0. The second-order valence-electron chi connectivity index (χ2n) is 5.79. The van der Waals surface area contributed by atoms with Crippen LogP contribution in [0.5, 0.6) is 0 Å². The van der Waals surface area contributed by atoms with E-state index in [9.17, 15) is 4.79 Å². The molecule has 0 saturated carbocycles. The number of benzene rings is 2. The second kappa shape index (κ2) is 4.71. The fraction of sp³-hybridized carbons (Fsp3) is 0.278. The standard InChI is InChI=1S/C18H17NO2/c1-19-11-10-12-6-2-3-7-13(12)16(19)17-14-8-4-5-9-15(14)18(20)21-17/h2-9,16-17H,10-11H2,1H3/t16-,17-/m1/s1. The quantitative estimate of drug-likeness (QED) is 0.751. The monoisotopic (exact) mass is 279 g/mol. The molecular formula is C18H17NO2. The molecule has 0 fully saturated rings. The van der Waals surface area contributed by atoms with E-state index in [-0.39, 0.29) is 18.1 Å². The first-order valence-corrected chi connectivity index (χ1v) is 7.33. The van der Waals surface area contributed by atoms with Crippen molar-refractivity contribution in [3.05, 3.63) is 70.8 Å². The summed E-state index contributed by atoms with van der Waals surface area (Å²) in [4.78, 5) is 14.4. The SMILES string of the molecule is CN1CCc2ccccc2[C@@H]1[C@@H]1OC(=O)c2ccccc21. The largest absolute Gasteiger partial charge is 0.452 e. The number of ether oxygens (including phenoxy) is 1. The summed E-state index contributed by atoms with van der Waals surface area (Å²) in [5.41, 5.74) is 4.36. The summed E-state index contributed by atoms with van der Waals surface area (Å²) < 4.78 is 5.72. The van der Waals surface area contributed by atoms with Gasteiger partial charge in [-0.15, -0.1) is 0 Å². The van der Waals surface area contributed by atoms with E-state index >= 15 is 0 Å². The highest BCUT2D eigenvalue weighted by molar-refractivity contribution is 5.94. The van der Waals surface area contributed by atoms with Gasteiger partial charge < -0.3 is 4.74 Å². The van der Waals surface area contributed by atoms with Gasteiger partial charge in [-0.05, 0) is 30.7 Å². The van der Waals surface area contributed by atoms with Crippen LogP contribution < -0.4 is 0 Å². The lowest BCUT2D eigenvalue weighted by Gasteiger charge is -2.37. The van der Waals surface area contributed by atoms with Crippen LogP contribution in [0.1, 0.15) is 39.2 Å². The van der Waals surface area contributed by atoms with Crippen molar-refractivity contribution in [2.24, 2.45) is 0 Å². The molecule has 4 rings (SSSR count). The van der Waals surface area contributed by atoms with E-state index in [1.165, 1.54) is 11.1 Å². The van der Waals surface area contributed by atoms with E-state index in [0.717, 1.165) is 18.5 Å². The topological polar surface area (TPSA) is 29.5 Å². The maximum Gasteiger partial charge on any atom is 0.339 e. The highest BCUT2D eigenvalue weighted by Crippen LogP contribution is 2.44. The number of likely N-dealkylation sites (N-methyl/N-ethyl adjacent to an activating group) is 1. The van der Waals surface area contributed by atoms with Crippen LogP contribution in [0.15, 0.2) is 48.5 Å². The van der Waals surface area contributed by atoms with Gasteiger partial charge >= 0.3 is 5.97 Å². The van der Waals surface area contributed by atoms with E-state index < -0.39 is 0 Å². The molecule has 0 amide bonds. The average Bonchev–Trinajstić information content (AvgIpc) is 2.85. The lowest BCUT2D eigenvalue weighted by atomic mass is 9.87. The van der Waals surface area contributed by atoms with E-state index in [1.54, 1.807) is 0 Å². The Morgan fingerprint density at radius 1 is 1.05 bits per heavy atom. The number of hydrogen-bond acceptors (Lipinski definition) is 3. The third-order valence-corrected chi connectivity index (χ3v) is 4.59. The van der Waals surface area contributed by atoms with Crippen LogP contribution in [0, 0.1) is 0 Å². The molecule has 0 bridgehead atoms. The fourth-order valence-corrected chi connectivity index (χ4v) is 3.53. The van der Waals surface area contributed by atoms with Gasteiger partial charge in [-0.3, -0.25) is 4.90 Å². The molecule has 2 heterocycles. The van der Waals surface area contributed by atoms with Gasteiger partial charge in [0.15, 0.2) is 0 Å². The predicted molar refractivity (Wildman–Crippen MR) is 80.1 cm³/mol. The minimum atomic E-state index is -0.208. The average molecular weight is 279 g/mol. The maximum atomic E-state index is 12.1. The maximum absolute atomic E-state index is 12.1. The summed E-state index contributed by atoms with van der Waals surface area (Å²) in [6, 6.07) is 16.3. The van der Waals surface area contributed by atoms with Gasteiger partial charge in [-0.1, -0.05) is 42.5 Å². The van der Waals surface area contributed by atoms with Gasteiger partial charge in [0, 0.05) is 12.1 Å². The molecule has 0 N–H and O–H groups in total. The highest BCUT2D eigenvalue weighted by atomic mass is 16.5. The van der Waals surface area contributed by atoms with Gasteiger partial charge in [0.25, 0.3) is 0 Å². The zero-order chi connectivity index (χ0) is 14.4. The lowest BCUT2D eigenvalue weighted by molar-refractivity contribution is 0.00946. The summed E-state index contributed by atoms with van der Waals surface area (Å²) in [6.45, 7) is 0.984. The molecule has 0 saturated heterocycles. The van der Waals surface area contributed by atoms with Gasteiger partial charge in [-0.2, -0.15) is 0 Å². The number of cyclic esters (lactones) is 1. The Labute approximate surface area is 124 Å². The van der Waals surface area contributed by atoms with Gasteiger partial charge in [0.2, 0.25) is 0 Å². The Balaban J connectivity index is 1.83. The molecule has 0 spiro atoms. The summed E-state index contributed by atoms with van der Waals surface area (Å²) >= 11 is 0. The highest BCUT2D eigenvalue weighted by Gasteiger charge is 2.40. The molecule has 21 heavy (non-hydrogen) atoms. The van der Waals surface area contributed by atoms with Crippen LogP contribution >= 0.6 is 0 Å². The zero-order valence-electron chi connectivity index (χ0n) is 12.0. The Bertz CT molecular complexity index is 710. The molecule has 0 aliphatic carbocycles. The molecule has 2 aromatic rings. The Kier molecular flexibility index (Phi) is 2.82. The summed E-state index contributed by atoms with van der Waals surface area (Å²) in [5.74, 6) is -0.202. The van der Waals surface area contributed by atoms with Crippen molar-refractivity contribution in [2.75, 3.05) is 13.6 Å². The number of fused-ring (bicyclic) bond motifs is 2. The Morgan fingerprint density at radius 2 is 1.76 bits per heavy atom. The lowest BCUT2D eigenvalue weighted by Crippen LogP contribution is -2.35. The van der Waals surface area contributed by atoms with Crippen molar-refractivity contribution in [1.29, 1.82) is 0 Å². The Hall–Kier alpha value is -2.13. The first-order chi connectivity index (χ1) is 10.3. The molecule has 106 valence electrons. The van der Waals surface area contributed by atoms with E-state index in [0.29, 0.717) is 5.56 Å². The Morgan fingerprint density at radius 3 is 2.62 bits per heavy atom. The summed E-state index contributed by atoms with van der Waals surface area (Å²) in [7, 11) is 2.11. The molecule has 2 aromatic carbocycles. The number of carbonyl (C=O) groups excluding carboxylic acids is 1. The molecule has 3 heteroatoms. The predicted octanol–water partition coefficient (Wildman–Crippen LogP) is 3.13. The molecular weight excluding hydrogens is 262 g/mol. The van der Waals surface area contributed by atoms with E-state index in [2.05, 4.69) is 36.2 Å². The third kappa shape index (κ3) is 1.88. The number of nitrogens with zero attached hydrogens (tertiary/aromatic N) is 1. The van der Waals surface area contributed by atoms with Crippen LogP contribution in [0.4, 0.5) is 0 Å². The van der Waals surface area contributed by atoms with Crippen LogP contribution in [-0.4, -0.2) is 24.5 Å². The number of carbonyl (C=O) groups is 1. The van der Waals surface area contributed by atoms with Crippen LogP contribution in [0.2, 0.25) is 0 Å². The molecule has 2 aliphatic rings. The molecule has 0 aromatic heterocycles. The summed E-state index contributed by atoms with van der Waals surface area (Å²) in [6.07, 6.45) is 0.839. The first-order valence-electron chi connectivity index (χ1n) is 7.33. The van der Waals surface area contributed by atoms with Crippen LogP contribution in [0.3, 0.4) is 0 Å². The normalized spacial score (nSPS) is 24.3. The van der Waals surface area contributed by atoms with Crippen LogP contribution in [0.25, 0.3) is 0 Å². The molecule has 0 radical (unpaired) electrons. The molecule has 2 atom stereocenters. The van der Waals surface area contributed by atoms with Crippen molar-refractivity contribution >= 4 is 5.97 Å². The number of rotatable bonds is 1. The second-order valence-corrected chi connectivity index (χ2v) is 5.79.